The SMILES string of the molecule is CCc1c(O)cccc1COC(=O)N(c1ccccc1)c1ccccc1. The monoisotopic (exact) mass is 347 g/mol. The molecular weight excluding hydrogens is 326 g/mol. The van der Waals surface area contributed by atoms with Crippen molar-refractivity contribution in [2.45, 2.75) is 20.0 Å². The molecule has 26 heavy (non-hydrogen) atoms. The summed E-state index contributed by atoms with van der Waals surface area (Å²) in [6, 6.07) is 24.0. The second-order valence-corrected chi connectivity index (χ2v) is 5.83. The molecule has 0 saturated heterocycles. The fourth-order valence-corrected chi connectivity index (χ4v) is 2.88. The van der Waals surface area contributed by atoms with E-state index in [0.29, 0.717) is 6.42 Å². The van der Waals surface area contributed by atoms with Gasteiger partial charge in [0.15, 0.2) is 0 Å². The molecular formula is C22H21NO3. The molecule has 0 radical (unpaired) electrons. The van der Waals surface area contributed by atoms with Crippen LogP contribution in [0.25, 0.3) is 0 Å². The van der Waals surface area contributed by atoms with Gasteiger partial charge in [0.05, 0.1) is 11.4 Å². The van der Waals surface area contributed by atoms with Gasteiger partial charge in [-0.2, -0.15) is 0 Å². The number of rotatable bonds is 5. The predicted molar refractivity (Wildman–Crippen MR) is 103 cm³/mol. The summed E-state index contributed by atoms with van der Waals surface area (Å²) in [6.07, 6.45) is 0.202. The van der Waals surface area contributed by atoms with Crippen molar-refractivity contribution >= 4 is 17.5 Å². The Morgan fingerprint density at radius 3 is 2.00 bits per heavy atom. The van der Waals surface area contributed by atoms with Crippen LogP contribution in [0.2, 0.25) is 0 Å². The van der Waals surface area contributed by atoms with Gasteiger partial charge in [-0.05, 0) is 42.3 Å². The van der Waals surface area contributed by atoms with Crippen LogP contribution in [0.15, 0.2) is 78.9 Å². The van der Waals surface area contributed by atoms with Crippen LogP contribution in [-0.2, 0) is 17.8 Å². The zero-order valence-electron chi connectivity index (χ0n) is 14.6. The number of carbonyl (C=O) groups is 1. The summed E-state index contributed by atoms with van der Waals surface area (Å²) < 4.78 is 5.57. The van der Waals surface area contributed by atoms with Gasteiger partial charge in [-0.1, -0.05) is 55.5 Å². The molecule has 3 rings (SSSR count). The van der Waals surface area contributed by atoms with Crippen molar-refractivity contribution in [1.29, 1.82) is 0 Å². The minimum Gasteiger partial charge on any atom is -0.508 e. The van der Waals surface area contributed by atoms with Gasteiger partial charge in [0.25, 0.3) is 0 Å². The minimum absolute atomic E-state index is 0.104. The molecule has 0 aliphatic rings. The van der Waals surface area contributed by atoms with Crippen molar-refractivity contribution in [3.8, 4) is 5.75 Å². The van der Waals surface area contributed by atoms with Crippen LogP contribution in [0.4, 0.5) is 16.2 Å². The third-order valence-corrected chi connectivity index (χ3v) is 4.16. The maximum Gasteiger partial charge on any atom is 0.419 e. The number of carbonyl (C=O) groups excluding carboxylic acids is 1. The summed E-state index contributed by atoms with van der Waals surface area (Å²) in [5.74, 6) is 0.226. The summed E-state index contributed by atoms with van der Waals surface area (Å²) >= 11 is 0. The quantitative estimate of drug-likeness (QED) is 0.669. The Kier molecular flexibility index (Phi) is 5.54. The summed E-state index contributed by atoms with van der Waals surface area (Å²) in [5, 5.41) is 9.97. The smallest absolute Gasteiger partial charge is 0.419 e. The highest BCUT2D eigenvalue weighted by Gasteiger charge is 2.20. The molecule has 4 nitrogen and oxygen atoms in total. The third kappa shape index (κ3) is 3.86. The summed E-state index contributed by atoms with van der Waals surface area (Å²) in [6.45, 7) is 2.06. The molecule has 0 heterocycles. The highest BCUT2D eigenvalue weighted by Crippen LogP contribution is 2.27. The maximum atomic E-state index is 12.8. The van der Waals surface area contributed by atoms with Crippen molar-refractivity contribution < 1.29 is 14.6 Å². The van der Waals surface area contributed by atoms with Crippen molar-refractivity contribution in [3.05, 3.63) is 90.0 Å². The van der Waals surface area contributed by atoms with Gasteiger partial charge in [-0.3, -0.25) is 0 Å². The number of phenolic OH excluding ortho intramolecular Hbond substituents is 1. The Balaban J connectivity index is 1.84. The Bertz CT molecular complexity index is 824. The zero-order chi connectivity index (χ0) is 18.4. The Hall–Kier alpha value is -3.27. The van der Waals surface area contributed by atoms with E-state index in [0.717, 1.165) is 22.5 Å². The molecule has 1 amide bonds. The Labute approximate surface area is 153 Å². The molecule has 0 aromatic heterocycles. The molecule has 0 bridgehead atoms. The van der Waals surface area contributed by atoms with E-state index in [2.05, 4.69) is 0 Å². The summed E-state index contributed by atoms with van der Waals surface area (Å²) in [5.41, 5.74) is 3.07. The molecule has 0 aliphatic heterocycles. The maximum absolute atomic E-state index is 12.8. The lowest BCUT2D eigenvalue weighted by Gasteiger charge is -2.22. The molecule has 1 N–H and O–H groups in total. The van der Waals surface area contributed by atoms with Crippen LogP contribution in [0.5, 0.6) is 5.75 Å². The lowest BCUT2D eigenvalue weighted by Crippen LogP contribution is -2.26. The van der Waals surface area contributed by atoms with E-state index in [9.17, 15) is 9.90 Å². The summed E-state index contributed by atoms with van der Waals surface area (Å²) in [7, 11) is 0. The van der Waals surface area contributed by atoms with Gasteiger partial charge in [0.2, 0.25) is 0 Å². The molecule has 0 saturated carbocycles. The average Bonchev–Trinajstić information content (AvgIpc) is 2.68. The van der Waals surface area contributed by atoms with Crippen LogP contribution in [0.3, 0.4) is 0 Å². The number of ether oxygens (including phenoxy) is 1. The highest BCUT2D eigenvalue weighted by molar-refractivity contribution is 5.95. The fraction of sp³-hybridized carbons (Fsp3) is 0.136. The standard InChI is InChI=1S/C22H21NO3/c1-2-20-17(10-9-15-21(20)24)16-26-22(25)23(18-11-5-3-6-12-18)19-13-7-4-8-14-19/h3-15,24H,2,16H2,1H3. The number of hydrogen-bond acceptors (Lipinski definition) is 3. The zero-order valence-corrected chi connectivity index (χ0v) is 14.6. The van der Waals surface area contributed by atoms with E-state index < -0.39 is 6.09 Å². The average molecular weight is 347 g/mol. The number of nitrogens with zero attached hydrogens (tertiary/aromatic N) is 1. The molecule has 0 atom stereocenters. The van der Waals surface area contributed by atoms with Crippen molar-refractivity contribution in [2.24, 2.45) is 0 Å². The number of benzene rings is 3. The van der Waals surface area contributed by atoms with Gasteiger partial charge >= 0.3 is 6.09 Å². The van der Waals surface area contributed by atoms with E-state index in [-0.39, 0.29) is 12.4 Å². The number of hydrogen-bond donors (Lipinski definition) is 1. The van der Waals surface area contributed by atoms with Gasteiger partial charge in [0.1, 0.15) is 12.4 Å². The molecule has 0 spiro atoms. The van der Waals surface area contributed by atoms with Crippen LogP contribution in [0, 0.1) is 0 Å². The number of amides is 1. The van der Waals surface area contributed by atoms with Gasteiger partial charge in [0, 0.05) is 5.56 Å². The van der Waals surface area contributed by atoms with Gasteiger partial charge in [-0.15, -0.1) is 0 Å². The number of anilines is 2. The third-order valence-electron chi connectivity index (χ3n) is 4.16. The van der Waals surface area contributed by atoms with E-state index in [1.165, 1.54) is 4.90 Å². The molecule has 3 aromatic rings. The molecule has 3 aromatic carbocycles. The van der Waals surface area contributed by atoms with Crippen LogP contribution < -0.4 is 4.90 Å². The van der Waals surface area contributed by atoms with Gasteiger partial charge in [-0.25, -0.2) is 9.69 Å². The van der Waals surface area contributed by atoms with Crippen LogP contribution >= 0.6 is 0 Å². The molecule has 4 heteroatoms. The van der Waals surface area contributed by atoms with Crippen LogP contribution in [-0.4, -0.2) is 11.2 Å². The largest absolute Gasteiger partial charge is 0.508 e. The first-order valence-corrected chi connectivity index (χ1v) is 8.57. The van der Waals surface area contributed by atoms with Crippen molar-refractivity contribution in [1.82, 2.24) is 0 Å². The first-order chi connectivity index (χ1) is 12.7. The van der Waals surface area contributed by atoms with E-state index in [1.807, 2.05) is 73.7 Å². The number of para-hydroxylation sites is 2. The lowest BCUT2D eigenvalue weighted by atomic mass is 10.0. The molecule has 132 valence electrons. The second kappa shape index (κ2) is 8.21. The first kappa shape index (κ1) is 17.5. The fourth-order valence-electron chi connectivity index (χ4n) is 2.88. The number of aromatic hydroxyl groups is 1. The second-order valence-electron chi connectivity index (χ2n) is 5.83. The lowest BCUT2D eigenvalue weighted by molar-refractivity contribution is 0.149. The van der Waals surface area contributed by atoms with E-state index in [4.69, 9.17) is 4.74 Å². The predicted octanol–water partition coefficient (Wildman–Crippen LogP) is 5.43. The van der Waals surface area contributed by atoms with E-state index >= 15 is 0 Å². The summed E-state index contributed by atoms with van der Waals surface area (Å²) in [4.78, 5) is 14.4. The number of phenols is 1. The Morgan fingerprint density at radius 1 is 0.885 bits per heavy atom. The highest BCUT2D eigenvalue weighted by atomic mass is 16.6. The molecule has 0 fully saturated rings. The normalized spacial score (nSPS) is 10.3. The van der Waals surface area contributed by atoms with Crippen LogP contribution in [0.1, 0.15) is 18.1 Å². The Morgan fingerprint density at radius 2 is 1.46 bits per heavy atom. The van der Waals surface area contributed by atoms with Crippen molar-refractivity contribution in [3.63, 3.8) is 0 Å². The van der Waals surface area contributed by atoms with Crippen molar-refractivity contribution in [2.75, 3.05) is 4.90 Å². The van der Waals surface area contributed by atoms with E-state index in [1.54, 1.807) is 12.1 Å². The van der Waals surface area contributed by atoms with Gasteiger partial charge < -0.3 is 9.84 Å². The first-order valence-electron chi connectivity index (χ1n) is 8.57. The topological polar surface area (TPSA) is 49.8 Å². The molecule has 0 unspecified atom stereocenters. The molecule has 0 aliphatic carbocycles. The minimum atomic E-state index is -0.465.